The molecule has 3 rings (SSSR count). The molecule has 0 aliphatic rings. The highest BCUT2D eigenvalue weighted by atomic mass is 19.1. The van der Waals surface area contributed by atoms with Crippen molar-refractivity contribution in [2.75, 3.05) is 14.2 Å². The third kappa shape index (κ3) is 4.19. The zero-order valence-electron chi connectivity index (χ0n) is 14.3. The Hall–Kier alpha value is -2.79. The van der Waals surface area contributed by atoms with Gasteiger partial charge in [0.2, 0.25) is 0 Å². The third-order valence-corrected chi connectivity index (χ3v) is 4.02. The molecule has 4 nitrogen and oxygen atoms in total. The molecule has 0 bridgehead atoms. The topological polar surface area (TPSA) is 38.2 Å². The quantitative estimate of drug-likeness (QED) is 0.685. The maximum Gasteiger partial charge on any atom is 0.149 e. The van der Waals surface area contributed by atoms with E-state index in [1.54, 1.807) is 37.7 Å². The minimum atomic E-state index is -0.257. The van der Waals surface area contributed by atoms with Crippen molar-refractivity contribution < 1.29 is 9.13 Å². The van der Waals surface area contributed by atoms with Gasteiger partial charge in [0, 0.05) is 18.9 Å². The number of hydrogen-bond acceptors (Lipinski definition) is 4. The Morgan fingerprint density at radius 1 is 1.04 bits per heavy atom. The lowest BCUT2D eigenvalue weighted by Gasteiger charge is -2.27. The number of nitrogens with zero attached hydrogens (tertiary/aromatic N) is 3. The van der Waals surface area contributed by atoms with E-state index in [1.807, 2.05) is 31.3 Å². The van der Waals surface area contributed by atoms with Gasteiger partial charge in [-0.1, -0.05) is 24.3 Å². The Kier molecular flexibility index (Phi) is 5.36. The number of benzene rings is 2. The molecule has 0 spiro atoms. The predicted octanol–water partition coefficient (Wildman–Crippen LogP) is 3.85. The fraction of sp³-hybridized carbons (Fsp3) is 0.200. The second-order valence-corrected chi connectivity index (χ2v) is 5.83. The Morgan fingerprint density at radius 2 is 1.76 bits per heavy atom. The molecule has 3 aromatic rings. The summed E-state index contributed by atoms with van der Waals surface area (Å²) in [6, 6.07) is 16.0. The Morgan fingerprint density at radius 3 is 2.44 bits per heavy atom. The molecule has 0 aliphatic carbocycles. The largest absolute Gasteiger partial charge is 0.497 e. The van der Waals surface area contributed by atoms with Crippen LogP contribution in [0.15, 0.2) is 67.0 Å². The van der Waals surface area contributed by atoms with Crippen LogP contribution in [-0.4, -0.2) is 29.0 Å². The van der Waals surface area contributed by atoms with Crippen LogP contribution >= 0.6 is 0 Å². The lowest BCUT2D eigenvalue weighted by Crippen LogP contribution is -2.26. The van der Waals surface area contributed by atoms with Crippen molar-refractivity contribution in [3.05, 3.63) is 89.8 Å². The fourth-order valence-corrected chi connectivity index (χ4v) is 2.85. The molecule has 25 heavy (non-hydrogen) atoms. The van der Waals surface area contributed by atoms with Gasteiger partial charge in [-0.2, -0.15) is 0 Å². The summed E-state index contributed by atoms with van der Waals surface area (Å²) in [5.41, 5.74) is 2.06. The lowest BCUT2D eigenvalue weighted by molar-refractivity contribution is 0.260. The van der Waals surface area contributed by atoms with Crippen LogP contribution < -0.4 is 4.74 Å². The average Bonchev–Trinajstić information content (AvgIpc) is 2.64. The second kappa shape index (κ2) is 7.85. The summed E-state index contributed by atoms with van der Waals surface area (Å²) >= 11 is 0. The monoisotopic (exact) mass is 337 g/mol. The van der Waals surface area contributed by atoms with Crippen LogP contribution in [0.1, 0.15) is 23.0 Å². The molecule has 0 unspecified atom stereocenters. The Bertz CT molecular complexity index is 809. The molecule has 0 N–H and O–H groups in total. The summed E-state index contributed by atoms with van der Waals surface area (Å²) in [6.45, 7) is 0.678. The molecule has 1 heterocycles. The molecule has 0 saturated carbocycles. The molecule has 0 aliphatic heterocycles. The molecule has 0 radical (unpaired) electrons. The van der Waals surface area contributed by atoms with Gasteiger partial charge in [-0.25, -0.2) is 14.4 Å². The molecular formula is C20H20FN3O. The van der Waals surface area contributed by atoms with Crippen molar-refractivity contribution in [3.63, 3.8) is 0 Å². The van der Waals surface area contributed by atoms with Crippen molar-refractivity contribution in [2.45, 2.75) is 12.6 Å². The Balaban J connectivity index is 1.91. The zero-order chi connectivity index (χ0) is 17.6. The normalized spacial score (nSPS) is 12.2. The lowest BCUT2D eigenvalue weighted by atomic mass is 10.0. The van der Waals surface area contributed by atoms with Gasteiger partial charge in [0.1, 0.15) is 17.4 Å². The van der Waals surface area contributed by atoms with Crippen LogP contribution in [0.2, 0.25) is 0 Å². The van der Waals surface area contributed by atoms with Gasteiger partial charge in [-0.05, 0) is 48.5 Å². The first kappa shape index (κ1) is 17.0. The number of aromatic nitrogens is 2. The van der Waals surface area contributed by atoms with E-state index in [1.165, 1.54) is 12.1 Å². The molecule has 0 amide bonds. The van der Waals surface area contributed by atoms with E-state index < -0.39 is 0 Å². The van der Waals surface area contributed by atoms with Crippen molar-refractivity contribution in [1.29, 1.82) is 0 Å². The summed E-state index contributed by atoms with van der Waals surface area (Å²) in [5, 5.41) is 0. The standard InChI is InChI=1S/C20H20FN3O/c1-24(14-15-5-3-6-18(13-15)25-2)19(20-22-11-4-12-23-20)16-7-9-17(21)10-8-16/h3-13,19H,14H2,1-2H3/t19-/m0/s1. The third-order valence-electron chi connectivity index (χ3n) is 4.02. The number of rotatable bonds is 6. The van der Waals surface area contributed by atoms with Crippen molar-refractivity contribution in [1.82, 2.24) is 14.9 Å². The van der Waals surface area contributed by atoms with Crippen LogP contribution in [0.5, 0.6) is 5.75 Å². The van der Waals surface area contributed by atoms with Gasteiger partial charge < -0.3 is 4.74 Å². The van der Waals surface area contributed by atoms with Gasteiger partial charge >= 0.3 is 0 Å². The minimum absolute atomic E-state index is 0.173. The highest BCUT2D eigenvalue weighted by molar-refractivity contribution is 5.30. The second-order valence-electron chi connectivity index (χ2n) is 5.83. The van der Waals surface area contributed by atoms with Crippen molar-refractivity contribution in [2.24, 2.45) is 0 Å². The number of halogens is 1. The van der Waals surface area contributed by atoms with Crippen molar-refractivity contribution in [3.8, 4) is 5.75 Å². The van der Waals surface area contributed by atoms with E-state index >= 15 is 0 Å². The van der Waals surface area contributed by atoms with Gasteiger partial charge in [-0.3, -0.25) is 4.90 Å². The minimum Gasteiger partial charge on any atom is -0.497 e. The summed E-state index contributed by atoms with van der Waals surface area (Å²) in [4.78, 5) is 10.9. The highest BCUT2D eigenvalue weighted by Crippen LogP contribution is 2.27. The first-order valence-electron chi connectivity index (χ1n) is 8.03. The van der Waals surface area contributed by atoms with Crippen LogP contribution in [0, 0.1) is 5.82 Å². The first-order valence-corrected chi connectivity index (χ1v) is 8.03. The fourth-order valence-electron chi connectivity index (χ4n) is 2.85. The summed E-state index contributed by atoms with van der Waals surface area (Å²) in [6.07, 6.45) is 3.44. The van der Waals surface area contributed by atoms with E-state index in [9.17, 15) is 4.39 Å². The van der Waals surface area contributed by atoms with Gasteiger partial charge in [0.15, 0.2) is 0 Å². The van der Waals surface area contributed by atoms with Crippen LogP contribution in [0.25, 0.3) is 0 Å². The summed E-state index contributed by atoms with van der Waals surface area (Å²) < 4.78 is 18.6. The van der Waals surface area contributed by atoms with Gasteiger partial charge in [0.25, 0.3) is 0 Å². The molecule has 0 fully saturated rings. The van der Waals surface area contributed by atoms with E-state index in [0.717, 1.165) is 16.9 Å². The van der Waals surface area contributed by atoms with Gasteiger partial charge in [-0.15, -0.1) is 0 Å². The zero-order valence-corrected chi connectivity index (χ0v) is 14.3. The SMILES string of the molecule is COc1cccc(CN(C)[C@@H](c2ccc(F)cc2)c2ncccn2)c1. The number of methoxy groups -OCH3 is 1. The molecule has 128 valence electrons. The van der Waals surface area contributed by atoms with E-state index in [4.69, 9.17) is 4.74 Å². The Labute approximate surface area is 146 Å². The van der Waals surface area contributed by atoms with E-state index in [2.05, 4.69) is 14.9 Å². The number of ether oxygens (including phenoxy) is 1. The summed E-state index contributed by atoms with van der Waals surface area (Å²) in [7, 11) is 3.66. The molecule has 1 aromatic heterocycles. The van der Waals surface area contributed by atoms with Crippen LogP contribution in [0.3, 0.4) is 0 Å². The predicted molar refractivity (Wildman–Crippen MR) is 94.7 cm³/mol. The maximum absolute atomic E-state index is 13.3. The van der Waals surface area contributed by atoms with Crippen molar-refractivity contribution >= 4 is 0 Å². The average molecular weight is 337 g/mol. The summed E-state index contributed by atoms with van der Waals surface area (Å²) in [5.74, 6) is 1.24. The molecule has 5 heteroatoms. The molecule has 1 atom stereocenters. The van der Waals surface area contributed by atoms with Crippen LogP contribution in [0.4, 0.5) is 4.39 Å². The number of hydrogen-bond donors (Lipinski definition) is 0. The smallest absolute Gasteiger partial charge is 0.149 e. The van der Waals surface area contributed by atoms with Crippen LogP contribution in [-0.2, 0) is 6.54 Å². The molecular weight excluding hydrogens is 317 g/mol. The van der Waals surface area contributed by atoms with E-state index in [-0.39, 0.29) is 11.9 Å². The molecule has 2 aromatic carbocycles. The maximum atomic E-state index is 13.3. The molecule has 0 saturated heterocycles. The van der Waals surface area contributed by atoms with Gasteiger partial charge in [0.05, 0.1) is 13.2 Å². The first-order chi connectivity index (χ1) is 12.2. The van der Waals surface area contributed by atoms with E-state index in [0.29, 0.717) is 12.4 Å². The highest BCUT2D eigenvalue weighted by Gasteiger charge is 2.22.